The number of benzene rings is 1. The average Bonchev–Trinajstić information content (AvgIpc) is 2.42. The maximum atomic E-state index is 5.83. The Morgan fingerprint density at radius 2 is 1.79 bits per heavy atom. The minimum atomic E-state index is -0.0275. The van der Waals surface area contributed by atoms with Crippen LogP contribution >= 0.6 is 0 Å². The van der Waals surface area contributed by atoms with Gasteiger partial charge >= 0.3 is 0 Å². The molecule has 0 saturated heterocycles. The monoisotopic (exact) mass is 269 g/mol. The maximum Gasteiger partial charge on any atom is 0.161 e. The number of methoxy groups -OCH3 is 2. The minimum Gasteiger partial charge on any atom is -0.493 e. The molecule has 1 atom stereocenters. The minimum absolute atomic E-state index is 0.0275. The normalized spacial score (nSPS) is 12.2. The maximum absolute atomic E-state index is 5.83. The SMILES string of the molecule is COCCOCCOc1ccc([C@@H](C)N)cc1OC. The summed E-state index contributed by atoms with van der Waals surface area (Å²) in [5.41, 5.74) is 6.84. The van der Waals surface area contributed by atoms with Crippen molar-refractivity contribution >= 4 is 0 Å². The third kappa shape index (κ3) is 5.46. The van der Waals surface area contributed by atoms with Gasteiger partial charge in [0, 0.05) is 13.2 Å². The van der Waals surface area contributed by atoms with Crippen molar-refractivity contribution in [3.05, 3.63) is 23.8 Å². The second-order valence-corrected chi connectivity index (χ2v) is 4.15. The van der Waals surface area contributed by atoms with Gasteiger partial charge in [0.05, 0.1) is 26.9 Å². The summed E-state index contributed by atoms with van der Waals surface area (Å²) in [6.07, 6.45) is 0. The number of hydrogen-bond donors (Lipinski definition) is 1. The number of hydrogen-bond acceptors (Lipinski definition) is 5. The van der Waals surface area contributed by atoms with Crippen molar-refractivity contribution in [1.29, 1.82) is 0 Å². The van der Waals surface area contributed by atoms with Crippen molar-refractivity contribution < 1.29 is 18.9 Å². The van der Waals surface area contributed by atoms with Gasteiger partial charge in [0.2, 0.25) is 0 Å². The molecule has 0 unspecified atom stereocenters. The number of ether oxygens (including phenoxy) is 4. The van der Waals surface area contributed by atoms with Crippen LogP contribution in [0.15, 0.2) is 18.2 Å². The smallest absolute Gasteiger partial charge is 0.161 e. The molecule has 0 amide bonds. The summed E-state index contributed by atoms with van der Waals surface area (Å²) in [6.45, 7) is 4.07. The molecule has 0 aliphatic rings. The van der Waals surface area contributed by atoms with Gasteiger partial charge in [0.15, 0.2) is 11.5 Å². The Bertz CT molecular complexity index is 368. The van der Waals surface area contributed by atoms with Crippen LogP contribution in [0, 0.1) is 0 Å². The predicted molar refractivity (Wildman–Crippen MR) is 73.8 cm³/mol. The van der Waals surface area contributed by atoms with Crippen LogP contribution in [-0.2, 0) is 9.47 Å². The fourth-order valence-corrected chi connectivity index (χ4v) is 1.54. The molecule has 0 aromatic heterocycles. The third-order valence-corrected chi connectivity index (χ3v) is 2.63. The zero-order chi connectivity index (χ0) is 14.1. The van der Waals surface area contributed by atoms with Gasteiger partial charge in [-0.2, -0.15) is 0 Å². The number of rotatable bonds is 9. The Morgan fingerprint density at radius 3 is 2.42 bits per heavy atom. The Hall–Kier alpha value is -1.30. The van der Waals surface area contributed by atoms with E-state index < -0.39 is 0 Å². The molecule has 5 heteroatoms. The van der Waals surface area contributed by atoms with Gasteiger partial charge in [0.1, 0.15) is 6.61 Å². The molecule has 2 N–H and O–H groups in total. The van der Waals surface area contributed by atoms with Gasteiger partial charge in [-0.25, -0.2) is 0 Å². The lowest BCUT2D eigenvalue weighted by Gasteiger charge is -2.13. The molecule has 5 nitrogen and oxygen atoms in total. The topological polar surface area (TPSA) is 62.9 Å². The van der Waals surface area contributed by atoms with Crippen molar-refractivity contribution in [2.75, 3.05) is 40.6 Å². The zero-order valence-corrected chi connectivity index (χ0v) is 11.8. The van der Waals surface area contributed by atoms with Crippen molar-refractivity contribution in [2.24, 2.45) is 5.73 Å². The first-order valence-electron chi connectivity index (χ1n) is 6.32. The Labute approximate surface area is 114 Å². The lowest BCUT2D eigenvalue weighted by atomic mass is 10.1. The van der Waals surface area contributed by atoms with Crippen molar-refractivity contribution in [2.45, 2.75) is 13.0 Å². The summed E-state index contributed by atoms with van der Waals surface area (Å²) >= 11 is 0. The molecule has 19 heavy (non-hydrogen) atoms. The summed E-state index contributed by atoms with van der Waals surface area (Å²) in [4.78, 5) is 0. The fraction of sp³-hybridized carbons (Fsp3) is 0.571. The van der Waals surface area contributed by atoms with Gasteiger partial charge < -0.3 is 24.7 Å². The van der Waals surface area contributed by atoms with Gasteiger partial charge in [-0.3, -0.25) is 0 Å². The molecule has 0 spiro atoms. The Balaban J connectivity index is 2.44. The highest BCUT2D eigenvalue weighted by molar-refractivity contribution is 5.43. The molecule has 0 aliphatic carbocycles. The summed E-state index contributed by atoms with van der Waals surface area (Å²) in [7, 11) is 3.26. The van der Waals surface area contributed by atoms with Crippen LogP contribution in [-0.4, -0.2) is 40.6 Å². The third-order valence-electron chi connectivity index (χ3n) is 2.63. The molecule has 1 rings (SSSR count). The summed E-state index contributed by atoms with van der Waals surface area (Å²) in [5.74, 6) is 1.38. The molecule has 0 radical (unpaired) electrons. The van der Waals surface area contributed by atoms with E-state index >= 15 is 0 Å². The van der Waals surface area contributed by atoms with E-state index in [0.29, 0.717) is 37.9 Å². The molecule has 0 bridgehead atoms. The summed E-state index contributed by atoms with van der Waals surface area (Å²) in [5, 5.41) is 0. The highest BCUT2D eigenvalue weighted by atomic mass is 16.5. The highest BCUT2D eigenvalue weighted by Gasteiger charge is 2.07. The molecule has 0 aliphatic heterocycles. The molecule has 0 fully saturated rings. The van der Waals surface area contributed by atoms with Crippen LogP contribution in [0.1, 0.15) is 18.5 Å². The quantitative estimate of drug-likeness (QED) is 0.692. The van der Waals surface area contributed by atoms with Gasteiger partial charge in [-0.15, -0.1) is 0 Å². The lowest BCUT2D eigenvalue weighted by molar-refractivity contribution is 0.0540. The zero-order valence-electron chi connectivity index (χ0n) is 11.8. The van der Waals surface area contributed by atoms with Crippen LogP contribution in [0.5, 0.6) is 11.5 Å². The van der Waals surface area contributed by atoms with Crippen molar-refractivity contribution in [1.82, 2.24) is 0 Å². The van der Waals surface area contributed by atoms with E-state index in [1.54, 1.807) is 14.2 Å². The molecule has 0 heterocycles. The molecule has 1 aromatic carbocycles. The fourth-order valence-electron chi connectivity index (χ4n) is 1.54. The van der Waals surface area contributed by atoms with Crippen molar-refractivity contribution in [3.8, 4) is 11.5 Å². The molecular weight excluding hydrogens is 246 g/mol. The van der Waals surface area contributed by atoms with E-state index in [1.165, 1.54) is 0 Å². The summed E-state index contributed by atoms with van der Waals surface area (Å²) < 4.78 is 21.1. The first kappa shape index (κ1) is 15.8. The second kappa shape index (κ2) is 8.74. The Morgan fingerprint density at radius 1 is 1.05 bits per heavy atom. The van der Waals surface area contributed by atoms with E-state index in [-0.39, 0.29) is 6.04 Å². The highest BCUT2D eigenvalue weighted by Crippen LogP contribution is 2.29. The van der Waals surface area contributed by atoms with E-state index in [1.807, 2.05) is 25.1 Å². The van der Waals surface area contributed by atoms with Crippen LogP contribution < -0.4 is 15.2 Å². The van der Waals surface area contributed by atoms with Crippen LogP contribution in [0.3, 0.4) is 0 Å². The van der Waals surface area contributed by atoms with Gasteiger partial charge in [-0.1, -0.05) is 6.07 Å². The predicted octanol–water partition coefficient (Wildman–Crippen LogP) is 1.76. The summed E-state index contributed by atoms with van der Waals surface area (Å²) in [6, 6.07) is 5.67. The average molecular weight is 269 g/mol. The van der Waals surface area contributed by atoms with E-state index in [2.05, 4.69) is 0 Å². The standard InChI is InChI=1S/C14H23NO4/c1-11(15)12-4-5-13(14(10-12)17-3)19-9-8-18-7-6-16-2/h4-5,10-11H,6-9,15H2,1-3H3/t11-/m1/s1. The molecular formula is C14H23NO4. The Kier molecular flexibility index (Phi) is 7.25. The second-order valence-electron chi connectivity index (χ2n) is 4.15. The van der Waals surface area contributed by atoms with Crippen LogP contribution in [0.2, 0.25) is 0 Å². The molecule has 108 valence electrons. The van der Waals surface area contributed by atoms with E-state index in [9.17, 15) is 0 Å². The largest absolute Gasteiger partial charge is 0.493 e. The first-order valence-corrected chi connectivity index (χ1v) is 6.32. The van der Waals surface area contributed by atoms with Crippen LogP contribution in [0.4, 0.5) is 0 Å². The first-order chi connectivity index (χ1) is 9.19. The molecule has 1 aromatic rings. The van der Waals surface area contributed by atoms with Crippen LogP contribution in [0.25, 0.3) is 0 Å². The molecule has 0 saturated carbocycles. The van der Waals surface area contributed by atoms with Gasteiger partial charge in [0.25, 0.3) is 0 Å². The number of nitrogens with two attached hydrogens (primary N) is 1. The van der Waals surface area contributed by atoms with E-state index in [0.717, 1.165) is 5.56 Å². The lowest BCUT2D eigenvalue weighted by Crippen LogP contribution is -2.11. The van der Waals surface area contributed by atoms with Gasteiger partial charge in [-0.05, 0) is 24.6 Å². The van der Waals surface area contributed by atoms with Crippen molar-refractivity contribution in [3.63, 3.8) is 0 Å². The van der Waals surface area contributed by atoms with E-state index in [4.69, 9.17) is 24.7 Å².